The molecular weight excluding hydrogens is 731 g/mol. The molecule has 0 aromatic heterocycles. The topological polar surface area (TPSA) is 95.9 Å². The average molecular weight is 836 g/mol. The first-order valence-electron chi connectivity index (χ1n) is 26.8. The van der Waals surface area contributed by atoms with Crippen molar-refractivity contribution in [3.05, 3.63) is 0 Å². The van der Waals surface area contributed by atoms with Gasteiger partial charge in [-0.3, -0.25) is 9.59 Å². The van der Waals surface area contributed by atoms with Crippen LogP contribution in [0.3, 0.4) is 0 Å². The fourth-order valence-electron chi connectivity index (χ4n) is 8.52. The van der Waals surface area contributed by atoms with Crippen LogP contribution in [0.1, 0.15) is 303 Å². The van der Waals surface area contributed by atoms with Gasteiger partial charge in [0.25, 0.3) is 0 Å². The van der Waals surface area contributed by atoms with Crippen LogP contribution < -0.4 is 5.32 Å². The minimum Gasteiger partial charge on any atom is -0.466 e. The van der Waals surface area contributed by atoms with E-state index >= 15 is 0 Å². The van der Waals surface area contributed by atoms with Crippen LogP contribution in [-0.4, -0.2) is 47.4 Å². The van der Waals surface area contributed by atoms with E-state index in [-0.39, 0.29) is 18.5 Å². The molecule has 0 aliphatic rings. The summed E-state index contributed by atoms with van der Waals surface area (Å²) >= 11 is 0. The van der Waals surface area contributed by atoms with Crippen LogP contribution in [0.15, 0.2) is 0 Å². The number of hydrogen-bond donors (Lipinski definition) is 3. The van der Waals surface area contributed by atoms with Crippen molar-refractivity contribution >= 4 is 11.9 Å². The molecule has 1 amide bonds. The fourth-order valence-corrected chi connectivity index (χ4v) is 8.52. The number of aliphatic hydroxyl groups excluding tert-OH is 2. The third-order valence-electron chi connectivity index (χ3n) is 12.7. The van der Waals surface area contributed by atoms with Gasteiger partial charge in [0.05, 0.1) is 25.4 Å². The number of carbonyl (C=O) groups excluding carboxylic acids is 2. The average Bonchev–Trinajstić information content (AvgIpc) is 3.24. The lowest BCUT2D eigenvalue weighted by Crippen LogP contribution is -2.45. The SMILES string of the molecule is CCCCCCCCCCCCCCCC(=O)OCCCCCCCCCCCCCCCCCCCC(=O)NC(CO)C(O)CCCCCCCCCCCCCC. The van der Waals surface area contributed by atoms with Crippen molar-refractivity contribution in [3.63, 3.8) is 0 Å². The van der Waals surface area contributed by atoms with E-state index in [0.717, 1.165) is 38.5 Å². The van der Waals surface area contributed by atoms with E-state index in [4.69, 9.17) is 4.74 Å². The maximum Gasteiger partial charge on any atom is 0.305 e. The van der Waals surface area contributed by atoms with Gasteiger partial charge in [0.1, 0.15) is 0 Å². The van der Waals surface area contributed by atoms with E-state index in [2.05, 4.69) is 19.2 Å². The number of hydrogen-bond acceptors (Lipinski definition) is 5. The predicted octanol–water partition coefficient (Wildman–Crippen LogP) is 16.0. The van der Waals surface area contributed by atoms with E-state index in [1.807, 2.05) is 0 Å². The van der Waals surface area contributed by atoms with Crippen molar-refractivity contribution < 1.29 is 24.5 Å². The van der Waals surface area contributed by atoms with E-state index in [1.54, 1.807) is 0 Å². The Hall–Kier alpha value is -1.14. The van der Waals surface area contributed by atoms with Gasteiger partial charge in [0, 0.05) is 12.8 Å². The second kappa shape index (κ2) is 49.5. The highest BCUT2D eigenvalue weighted by Gasteiger charge is 2.20. The van der Waals surface area contributed by atoms with Crippen LogP contribution in [0.4, 0.5) is 0 Å². The molecule has 0 aliphatic carbocycles. The van der Waals surface area contributed by atoms with Gasteiger partial charge in [-0.25, -0.2) is 0 Å². The second-order valence-electron chi connectivity index (χ2n) is 18.6. The predicted molar refractivity (Wildman–Crippen MR) is 255 cm³/mol. The molecule has 2 atom stereocenters. The lowest BCUT2D eigenvalue weighted by atomic mass is 10.0. The molecule has 0 aromatic rings. The Morgan fingerprint density at radius 1 is 0.407 bits per heavy atom. The molecule has 6 nitrogen and oxygen atoms in total. The Kier molecular flexibility index (Phi) is 48.6. The Morgan fingerprint density at radius 3 is 1.03 bits per heavy atom. The summed E-state index contributed by atoms with van der Waals surface area (Å²) in [5.74, 6) is -0.0319. The highest BCUT2D eigenvalue weighted by atomic mass is 16.5. The normalized spacial score (nSPS) is 12.5. The zero-order valence-corrected chi connectivity index (χ0v) is 40.0. The molecule has 6 heteroatoms. The number of rotatable bonds is 50. The minimum atomic E-state index is -0.665. The van der Waals surface area contributed by atoms with Crippen molar-refractivity contribution in [2.45, 2.75) is 315 Å². The van der Waals surface area contributed by atoms with Crippen molar-refractivity contribution in [2.75, 3.05) is 13.2 Å². The van der Waals surface area contributed by atoms with E-state index in [9.17, 15) is 19.8 Å². The molecule has 0 fully saturated rings. The molecule has 0 heterocycles. The summed E-state index contributed by atoms with van der Waals surface area (Å²) in [6.45, 7) is 4.95. The van der Waals surface area contributed by atoms with Crippen LogP contribution in [0.5, 0.6) is 0 Å². The molecule has 2 unspecified atom stereocenters. The van der Waals surface area contributed by atoms with Crippen molar-refractivity contribution in [2.24, 2.45) is 0 Å². The van der Waals surface area contributed by atoms with Gasteiger partial charge in [-0.15, -0.1) is 0 Å². The number of aliphatic hydroxyl groups is 2. The van der Waals surface area contributed by atoms with Crippen LogP contribution in [0.25, 0.3) is 0 Å². The van der Waals surface area contributed by atoms with Crippen LogP contribution in [-0.2, 0) is 14.3 Å². The largest absolute Gasteiger partial charge is 0.466 e. The number of esters is 1. The Morgan fingerprint density at radius 2 is 0.695 bits per heavy atom. The Balaban J connectivity index is 3.39. The van der Waals surface area contributed by atoms with Crippen LogP contribution in [0, 0.1) is 0 Å². The Labute approximate surface area is 368 Å². The molecule has 0 aliphatic heterocycles. The second-order valence-corrected chi connectivity index (χ2v) is 18.6. The molecule has 0 radical (unpaired) electrons. The molecule has 0 rings (SSSR count). The van der Waals surface area contributed by atoms with E-state index in [1.165, 1.54) is 231 Å². The van der Waals surface area contributed by atoms with Crippen molar-refractivity contribution in [1.29, 1.82) is 0 Å². The summed E-state index contributed by atoms with van der Waals surface area (Å²) in [5, 5.41) is 23.2. The summed E-state index contributed by atoms with van der Waals surface area (Å²) in [6, 6.07) is -0.542. The molecule has 0 aromatic carbocycles. The van der Waals surface area contributed by atoms with Crippen LogP contribution in [0.2, 0.25) is 0 Å². The number of carbonyl (C=O) groups is 2. The quantitative estimate of drug-likeness (QED) is 0.0419. The smallest absolute Gasteiger partial charge is 0.305 e. The van der Waals surface area contributed by atoms with Gasteiger partial charge in [0.2, 0.25) is 5.91 Å². The highest BCUT2D eigenvalue weighted by Crippen LogP contribution is 2.17. The first kappa shape index (κ1) is 57.9. The zero-order chi connectivity index (χ0) is 43.0. The molecule has 59 heavy (non-hydrogen) atoms. The first-order chi connectivity index (χ1) is 29.0. The lowest BCUT2D eigenvalue weighted by molar-refractivity contribution is -0.143. The lowest BCUT2D eigenvalue weighted by Gasteiger charge is -2.22. The van der Waals surface area contributed by atoms with Gasteiger partial charge in [-0.2, -0.15) is 0 Å². The molecule has 0 spiro atoms. The summed E-state index contributed by atoms with van der Waals surface area (Å²) in [5.41, 5.74) is 0. The summed E-state index contributed by atoms with van der Waals surface area (Å²) in [7, 11) is 0. The zero-order valence-electron chi connectivity index (χ0n) is 40.0. The molecule has 3 N–H and O–H groups in total. The number of ether oxygens (including phenoxy) is 1. The molecule has 0 saturated carbocycles. The van der Waals surface area contributed by atoms with Crippen LogP contribution >= 0.6 is 0 Å². The van der Waals surface area contributed by atoms with Gasteiger partial charge in [-0.05, 0) is 25.7 Å². The van der Waals surface area contributed by atoms with Gasteiger partial charge in [0.15, 0.2) is 0 Å². The van der Waals surface area contributed by atoms with Crippen molar-refractivity contribution in [1.82, 2.24) is 5.32 Å². The third-order valence-corrected chi connectivity index (χ3v) is 12.7. The molecule has 0 saturated heterocycles. The monoisotopic (exact) mass is 836 g/mol. The minimum absolute atomic E-state index is 0.00740. The third kappa shape index (κ3) is 46.2. The standard InChI is InChI=1S/C53H105NO5/c1-3-5-7-9-11-13-15-22-27-31-35-39-43-47-53(58)59-48-44-40-36-32-28-24-21-19-17-18-20-23-26-30-34-38-42-46-52(57)54-50(49-55)51(56)45-41-37-33-29-25-16-14-12-10-8-6-4-2/h50-51,55-56H,3-49H2,1-2H3,(H,54,57). The number of unbranched alkanes of at least 4 members (excludes halogenated alkanes) is 39. The molecular formula is C53H105NO5. The maximum absolute atomic E-state index is 12.4. The van der Waals surface area contributed by atoms with E-state index < -0.39 is 12.1 Å². The van der Waals surface area contributed by atoms with Gasteiger partial charge < -0.3 is 20.3 Å². The van der Waals surface area contributed by atoms with E-state index in [0.29, 0.717) is 25.9 Å². The Bertz CT molecular complexity index is 837. The van der Waals surface area contributed by atoms with Gasteiger partial charge in [-0.1, -0.05) is 264 Å². The fraction of sp³-hybridized carbons (Fsp3) is 0.962. The molecule has 352 valence electrons. The summed E-state index contributed by atoms with van der Waals surface area (Å²) in [4.78, 5) is 24.4. The van der Waals surface area contributed by atoms with Crippen molar-refractivity contribution in [3.8, 4) is 0 Å². The highest BCUT2D eigenvalue weighted by molar-refractivity contribution is 5.76. The summed E-state index contributed by atoms with van der Waals surface area (Å²) < 4.78 is 5.47. The maximum atomic E-state index is 12.4. The summed E-state index contributed by atoms with van der Waals surface area (Å²) in [6.07, 6.45) is 55.0. The first-order valence-corrected chi connectivity index (χ1v) is 26.8. The van der Waals surface area contributed by atoms with Gasteiger partial charge >= 0.3 is 5.97 Å². The number of nitrogens with one attached hydrogen (secondary N) is 1. The molecule has 0 bridgehead atoms. The number of amides is 1.